The molecule has 1 aromatic heterocycles. The molecule has 0 bridgehead atoms. The lowest BCUT2D eigenvalue weighted by Crippen LogP contribution is -2.21. The van der Waals surface area contributed by atoms with Crippen LogP contribution in [-0.4, -0.2) is 135 Å². The van der Waals surface area contributed by atoms with Gasteiger partial charge in [0.2, 0.25) is 0 Å². The summed E-state index contributed by atoms with van der Waals surface area (Å²) in [5.41, 5.74) is 16.6. The van der Waals surface area contributed by atoms with Crippen molar-refractivity contribution in [3.63, 3.8) is 0 Å². The number of aromatic hydroxyl groups is 3. The topological polar surface area (TPSA) is 141 Å². The molecule has 14 heteroatoms. The van der Waals surface area contributed by atoms with Crippen molar-refractivity contribution in [2.75, 3.05) is 44.0 Å². The van der Waals surface area contributed by atoms with E-state index in [0.29, 0.717) is 63.7 Å². The summed E-state index contributed by atoms with van der Waals surface area (Å²) in [6.07, 6.45) is 23.7. The summed E-state index contributed by atoms with van der Waals surface area (Å²) < 4.78 is 11.3. The molecule has 0 spiro atoms. The van der Waals surface area contributed by atoms with Gasteiger partial charge in [0.1, 0.15) is 30.5 Å². The molecule has 3 saturated heterocycles. The van der Waals surface area contributed by atoms with Gasteiger partial charge in [-0.15, -0.1) is 23.8 Å². The van der Waals surface area contributed by atoms with E-state index in [1.807, 2.05) is 158 Å². The van der Waals surface area contributed by atoms with E-state index in [1.165, 1.54) is 66.1 Å². The first-order valence-corrected chi connectivity index (χ1v) is 50.8. The zero-order valence-corrected chi connectivity index (χ0v) is 75.4. The van der Waals surface area contributed by atoms with Gasteiger partial charge in [-0.25, -0.2) is 15.0 Å². The third-order valence-corrected chi connectivity index (χ3v) is 38.6. The Morgan fingerprint density at radius 1 is 0.402 bits per heavy atom. The van der Waals surface area contributed by atoms with Gasteiger partial charge in [0.05, 0.1) is 35.6 Å². The number of phenols is 3. The molecule has 6 heterocycles. The standard InChI is InChI=1S/C35H31N3.C32H22O3.C22H43P3.C18H25N2O2P.CH4/c1-5-14-28(15-6-1)24-34(30-18-9-3-10-19-30)36-26-32-22-13-23-33(38-32)27-37-35(31-20-11-4-12-21-31)25-29-16-7-2-8-17-29;33-28-18-17-21-11-4-6-13-23(21)29(28)30-24-14-7-5-12-22(24)19-27(32(30)35)26-16-8-15-25(31(26)34)20-9-2-1-3-10-20;1-16-7-8-17(2)23(16)13-22(14-24-18(3)9-10-19(24)4)15-25-20(5)11-12-21(25)6;1-14-12-21-17(19-14)8-10-23(16-6-4-3-5-7-16)11-9-18-20-15(2)13-22-18;/h1-23,26-27,34-35H,24-25H2;1-19,33-35H;16-22H,7-15H2,1-6H3;3-7,14-15H,8-13H2,1-2H3;1H4/t34-,35-;;16-,17-,18-,19-,20-,21-;14-,15-;/m1.01./s1. The molecule has 3 N–H and O–H groups in total. The Morgan fingerprint density at radius 3 is 1.25 bits per heavy atom. The van der Waals surface area contributed by atoms with E-state index in [-0.39, 0.29) is 44.7 Å². The molecular formula is C108H125N5O5P4. The van der Waals surface area contributed by atoms with E-state index in [4.69, 9.17) is 24.4 Å². The summed E-state index contributed by atoms with van der Waals surface area (Å²) in [5.74, 6) is 3.15. The highest BCUT2D eigenvalue weighted by Gasteiger charge is 2.39. The van der Waals surface area contributed by atoms with Gasteiger partial charge in [-0.2, -0.15) is 0 Å². The molecule has 11 aromatic carbocycles. The summed E-state index contributed by atoms with van der Waals surface area (Å²) in [4.78, 5) is 23.9. The van der Waals surface area contributed by atoms with Crippen molar-refractivity contribution >= 4 is 82.8 Å². The minimum Gasteiger partial charge on any atom is -0.507 e. The highest BCUT2D eigenvalue weighted by atomic mass is 31.1. The Morgan fingerprint density at radius 2 is 0.795 bits per heavy atom. The van der Waals surface area contributed by atoms with E-state index in [0.717, 1.165) is 141 Å². The molecule has 632 valence electrons. The predicted molar refractivity (Wildman–Crippen MR) is 529 cm³/mol. The monoisotopic (exact) mass is 1700 g/mol. The molecule has 5 aliphatic heterocycles. The molecule has 0 radical (unpaired) electrons. The Hall–Kier alpha value is -9.51. The molecule has 0 saturated carbocycles. The van der Waals surface area contributed by atoms with Crippen LogP contribution in [0.25, 0.3) is 54.9 Å². The molecule has 10 atom stereocenters. The highest BCUT2D eigenvalue weighted by Crippen LogP contribution is 2.64. The molecule has 0 unspecified atom stereocenters. The number of ether oxygens (including phenoxy) is 2. The molecule has 17 rings (SSSR count). The second-order valence-electron chi connectivity index (χ2n) is 33.9. The zero-order valence-electron chi connectivity index (χ0n) is 71.8. The van der Waals surface area contributed by atoms with Crippen LogP contribution in [0.2, 0.25) is 0 Å². The van der Waals surface area contributed by atoms with Crippen LogP contribution in [0, 0.1) is 5.92 Å². The Kier molecular flexibility index (Phi) is 33.1. The lowest BCUT2D eigenvalue weighted by atomic mass is 9.88. The minimum atomic E-state index is -0.238. The van der Waals surface area contributed by atoms with E-state index in [9.17, 15) is 15.3 Å². The van der Waals surface area contributed by atoms with E-state index in [1.54, 1.807) is 30.6 Å². The zero-order chi connectivity index (χ0) is 84.0. The third kappa shape index (κ3) is 24.1. The normalized spacial score (nSPS) is 20.2. The lowest BCUT2D eigenvalue weighted by Gasteiger charge is -2.34. The number of phenolic OH excluding ortho intramolecular Hbond substituents is 3. The van der Waals surface area contributed by atoms with Gasteiger partial charge < -0.3 is 24.8 Å². The molecule has 12 aromatic rings. The number of pyridine rings is 1. The van der Waals surface area contributed by atoms with Gasteiger partial charge in [-0.1, -0.05) is 318 Å². The summed E-state index contributed by atoms with van der Waals surface area (Å²) in [5, 5.41) is 39.0. The van der Waals surface area contributed by atoms with Gasteiger partial charge in [0.15, 0.2) is 11.8 Å². The highest BCUT2D eigenvalue weighted by molar-refractivity contribution is 7.65. The maximum Gasteiger partial charge on any atom is 0.184 e. The van der Waals surface area contributed by atoms with Crippen molar-refractivity contribution in [2.24, 2.45) is 25.9 Å². The van der Waals surface area contributed by atoms with Crippen LogP contribution >= 0.6 is 31.7 Å². The minimum absolute atomic E-state index is 0. The molecular weight excluding hydrogens is 1570 g/mol. The predicted octanol–water partition coefficient (Wildman–Crippen LogP) is 27.6. The number of rotatable bonds is 26. The third-order valence-electron chi connectivity index (χ3n) is 24.9. The Balaban J connectivity index is 0.000000143. The van der Waals surface area contributed by atoms with Crippen molar-refractivity contribution in [2.45, 2.75) is 185 Å². The van der Waals surface area contributed by atoms with Crippen LogP contribution in [0.3, 0.4) is 0 Å². The lowest BCUT2D eigenvalue weighted by molar-refractivity contribution is 0.317. The maximum absolute atomic E-state index is 11.7. The number of aromatic nitrogens is 1. The fourth-order valence-electron chi connectivity index (χ4n) is 18.1. The maximum atomic E-state index is 11.7. The van der Waals surface area contributed by atoms with Crippen LogP contribution < -0.4 is 5.30 Å². The second kappa shape index (κ2) is 44.7. The quantitative estimate of drug-likeness (QED) is 0.0364. The molecule has 5 aliphatic rings. The molecule has 0 aliphatic carbocycles. The molecule has 122 heavy (non-hydrogen) atoms. The SMILES string of the molecule is C.C(=N[C@H](Cc1ccccc1)c1ccccc1)c1cccc(C=N[C@H](Cc2ccccc2)c2ccccc2)n1.C[C@@H]1COC(CCP(CCC2=N[C@H](C)CO2)c2ccccc2)=N1.C[C@H]1CC[C@H](C)P1CC(CP1[C@@H](C)CC[C@@H]1C)CP1[C@@H](C)CC[C@@H]1C.Oc1ccc2ccccc2c1-c1c(O)c(-c2cccc(-c3ccccc3)c2O)cc2ccccc12. The van der Waals surface area contributed by atoms with Crippen LogP contribution in [0.4, 0.5) is 0 Å². The number of hydrogen-bond donors (Lipinski definition) is 3. The van der Waals surface area contributed by atoms with Crippen molar-refractivity contribution < 1.29 is 24.8 Å². The van der Waals surface area contributed by atoms with Gasteiger partial charge in [-0.05, 0) is 215 Å². The number of para-hydroxylation sites is 1. The average molecular weight is 1700 g/mol. The largest absolute Gasteiger partial charge is 0.507 e. The van der Waals surface area contributed by atoms with Crippen LogP contribution in [0.1, 0.15) is 160 Å². The second-order valence-corrected chi connectivity index (χ2v) is 45.8. The first-order chi connectivity index (χ1) is 59.0. The van der Waals surface area contributed by atoms with Crippen LogP contribution in [0.15, 0.2) is 305 Å². The van der Waals surface area contributed by atoms with Crippen molar-refractivity contribution in [1.29, 1.82) is 0 Å². The summed E-state index contributed by atoms with van der Waals surface area (Å²) in [6.45, 7) is 21.2. The fourth-order valence-corrected chi connectivity index (χ4v) is 31.2. The first-order valence-electron chi connectivity index (χ1n) is 44.0. The molecule has 3 fully saturated rings. The smallest absolute Gasteiger partial charge is 0.184 e. The van der Waals surface area contributed by atoms with Crippen LogP contribution in [0.5, 0.6) is 17.2 Å². The van der Waals surface area contributed by atoms with Crippen molar-refractivity contribution in [3.05, 3.63) is 319 Å². The van der Waals surface area contributed by atoms with Gasteiger partial charge in [0, 0.05) is 53.1 Å². The fraction of sp³-hybridized carbons (Fsp3) is 0.343. The number of hydrogen-bond acceptors (Lipinski definition) is 10. The summed E-state index contributed by atoms with van der Waals surface area (Å²) in [6, 6.07) is 95.6. The number of fused-ring (bicyclic) bond motifs is 2. The van der Waals surface area contributed by atoms with Crippen molar-refractivity contribution in [3.8, 4) is 50.6 Å². The van der Waals surface area contributed by atoms with Crippen LogP contribution in [-0.2, 0) is 22.3 Å². The van der Waals surface area contributed by atoms with Gasteiger partial charge >= 0.3 is 0 Å². The number of nitrogens with zero attached hydrogens (tertiary/aromatic N) is 5. The van der Waals surface area contributed by atoms with Gasteiger partial charge in [-0.3, -0.25) is 9.98 Å². The van der Waals surface area contributed by atoms with E-state index >= 15 is 0 Å². The van der Waals surface area contributed by atoms with Gasteiger partial charge in [0.25, 0.3) is 0 Å². The summed E-state index contributed by atoms with van der Waals surface area (Å²) >= 11 is 0. The average Bonchev–Trinajstić information content (AvgIpc) is 1.72. The van der Waals surface area contributed by atoms with E-state index < -0.39 is 0 Å². The Bertz CT molecular complexity index is 5180. The Labute approximate surface area is 732 Å². The summed E-state index contributed by atoms with van der Waals surface area (Å²) in [7, 11) is 0.711. The van der Waals surface area contributed by atoms with Crippen molar-refractivity contribution in [1.82, 2.24) is 4.98 Å². The number of benzene rings is 11. The number of aliphatic imine (C=N–C) groups is 4. The molecule has 10 nitrogen and oxygen atoms in total. The first kappa shape index (κ1) is 90.2. The molecule has 0 amide bonds. The van der Waals surface area contributed by atoms with E-state index in [2.05, 4.69) is 193 Å².